The predicted molar refractivity (Wildman–Crippen MR) is 56.4 cm³/mol. The maximum absolute atomic E-state index is 11.3. The minimum atomic E-state index is -1.04. The van der Waals surface area contributed by atoms with Crippen molar-refractivity contribution >= 4 is 17.7 Å². The van der Waals surface area contributed by atoms with Crippen molar-refractivity contribution in [1.82, 2.24) is 0 Å². The highest BCUT2D eigenvalue weighted by atomic mass is 16.7. The molecule has 92 valence electrons. The second kappa shape index (κ2) is 5.63. The van der Waals surface area contributed by atoms with E-state index >= 15 is 0 Å². The van der Waals surface area contributed by atoms with Crippen molar-refractivity contribution in [3.63, 3.8) is 0 Å². The van der Waals surface area contributed by atoms with Crippen molar-refractivity contribution in [3.8, 4) is 0 Å². The molecule has 0 heterocycles. The highest BCUT2D eigenvalue weighted by Gasteiger charge is 2.21. The lowest BCUT2D eigenvalue weighted by Crippen LogP contribution is -2.26. The number of Topliss-reactive ketones (excluding diaryl/α,β-unsaturated/α-hetero) is 1. The molecular formula is C11H18O5. The summed E-state index contributed by atoms with van der Waals surface area (Å²) in [7, 11) is 0. The summed E-state index contributed by atoms with van der Waals surface area (Å²) in [6.45, 7) is 8.15. The third-order valence-electron chi connectivity index (χ3n) is 1.53. The van der Waals surface area contributed by atoms with Crippen LogP contribution in [0.4, 0.5) is 0 Å². The molecule has 0 aromatic rings. The molecule has 0 aliphatic carbocycles. The summed E-state index contributed by atoms with van der Waals surface area (Å²) in [6, 6.07) is 0. The molecule has 0 N–H and O–H groups in total. The lowest BCUT2D eigenvalue weighted by Gasteiger charge is -2.19. The number of hydrogen-bond donors (Lipinski definition) is 0. The first-order valence-corrected chi connectivity index (χ1v) is 5.03. The van der Waals surface area contributed by atoms with Crippen LogP contribution >= 0.6 is 0 Å². The standard InChI is InChI=1S/C11H18O5/c1-7(12)10(14)16-8(2)15-9(13)6-11(3,4)5/h8H,6H2,1-5H3. The Balaban J connectivity index is 4.06. The van der Waals surface area contributed by atoms with E-state index in [1.807, 2.05) is 20.8 Å². The maximum atomic E-state index is 11.3. The average molecular weight is 230 g/mol. The van der Waals surface area contributed by atoms with Crippen molar-refractivity contribution in [2.75, 3.05) is 0 Å². The molecule has 16 heavy (non-hydrogen) atoms. The molecule has 0 saturated carbocycles. The van der Waals surface area contributed by atoms with Crippen LogP contribution in [0.5, 0.6) is 0 Å². The molecule has 5 heteroatoms. The van der Waals surface area contributed by atoms with Gasteiger partial charge in [0.1, 0.15) is 0 Å². The molecule has 0 aromatic carbocycles. The highest BCUT2D eigenvalue weighted by molar-refractivity contribution is 6.32. The Morgan fingerprint density at radius 1 is 1.12 bits per heavy atom. The largest absolute Gasteiger partial charge is 0.425 e. The number of carbonyl (C=O) groups excluding carboxylic acids is 3. The molecule has 0 amide bonds. The zero-order valence-corrected chi connectivity index (χ0v) is 10.3. The number of carbonyl (C=O) groups is 3. The van der Waals surface area contributed by atoms with E-state index in [0.717, 1.165) is 6.92 Å². The molecule has 0 aliphatic rings. The van der Waals surface area contributed by atoms with Gasteiger partial charge < -0.3 is 9.47 Å². The van der Waals surface area contributed by atoms with Crippen LogP contribution in [0.2, 0.25) is 0 Å². The first kappa shape index (κ1) is 14.6. The highest BCUT2D eigenvalue weighted by Crippen LogP contribution is 2.19. The van der Waals surface area contributed by atoms with Crippen LogP contribution < -0.4 is 0 Å². The Labute approximate surface area is 95.1 Å². The van der Waals surface area contributed by atoms with Crippen molar-refractivity contribution in [3.05, 3.63) is 0 Å². The van der Waals surface area contributed by atoms with Crippen LogP contribution in [0.3, 0.4) is 0 Å². The van der Waals surface area contributed by atoms with Gasteiger partial charge >= 0.3 is 11.9 Å². The summed E-state index contributed by atoms with van der Waals surface area (Å²) in [5.41, 5.74) is -0.193. The van der Waals surface area contributed by atoms with E-state index in [0.29, 0.717) is 0 Å². The summed E-state index contributed by atoms with van der Waals surface area (Å²) in [5, 5.41) is 0. The van der Waals surface area contributed by atoms with E-state index < -0.39 is 24.0 Å². The molecule has 0 bridgehead atoms. The summed E-state index contributed by atoms with van der Waals surface area (Å²) in [6.07, 6.45) is -0.819. The van der Waals surface area contributed by atoms with Gasteiger partial charge in [0, 0.05) is 13.8 Å². The third kappa shape index (κ3) is 6.98. The van der Waals surface area contributed by atoms with E-state index in [2.05, 4.69) is 4.74 Å². The first-order chi connectivity index (χ1) is 7.11. The van der Waals surface area contributed by atoms with Gasteiger partial charge in [-0.05, 0) is 5.41 Å². The third-order valence-corrected chi connectivity index (χ3v) is 1.53. The fourth-order valence-electron chi connectivity index (χ4n) is 0.918. The van der Waals surface area contributed by atoms with Gasteiger partial charge in [-0.3, -0.25) is 9.59 Å². The molecule has 0 radical (unpaired) electrons. The molecule has 0 spiro atoms. The van der Waals surface area contributed by atoms with Gasteiger partial charge in [0.2, 0.25) is 12.1 Å². The zero-order valence-electron chi connectivity index (χ0n) is 10.3. The number of rotatable bonds is 4. The number of ether oxygens (including phenoxy) is 2. The molecule has 0 saturated heterocycles. The van der Waals surface area contributed by atoms with Gasteiger partial charge in [-0.1, -0.05) is 20.8 Å². The van der Waals surface area contributed by atoms with E-state index in [-0.39, 0.29) is 11.8 Å². The van der Waals surface area contributed by atoms with Gasteiger partial charge in [0.25, 0.3) is 0 Å². The molecule has 0 rings (SSSR count). The van der Waals surface area contributed by atoms with Crippen LogP contribution in [0.25, 0.3) is 0 Å². The molecule has 0 aromatic heterocycles. The van der Waals surface area contributed by atoms with Crippen LogP contribution in [-0.4, -0.2) is 24.0 Å². The molecule has 1 atom stereocenters. The minimum absolute atomic E-state index is 0.193. The van der Waals surface area contributed by atoms with Crippen molar-refractivity contribution in [1.29, 1.82) is 0 Å². The molecule has 0 fully saturated rings. The topological polar surface area (TPSA) is 69.7 Å². The van der Waals surface area contributed by atoms with Gasteiger partial charge in [-0.2, -0.15) is 0 Å². The van der Waals surface area contributed by atoms with E-state index in [1.54, 1.807) is 0 Å². The lowest BCUT2D eigenvalue weighted by atomic mass is 9.92. The van der Waals surface area contributed by atoms with E-state index in [1.165, 1.54) is 6.92 Å². The normalized spacial score (nSPS) is 12.8. The quantitative estimate of drug-likeness (QED) is 0.415. The Morgan fingerprint density at radius 2 is 1.62 bits per heavy atom. The average Bonchev–Trinajstić information content (AvgIpc) is 1.98. The van der Waals surface area contributed by atoms with Crippen LogP contribution in [0.15, 0.2) is 0 Å². The van der Waals surface area contributed by atoms with Crippen LogP contribution in [-0.2, 0) is 23.9 Å². The second-order valence-electron chi connectivity index (χ2n) is 4.76. The first-order valence-electron chi connectivity index (χ1n) is 5.03. The fourth-order valence-corrected chi connectivity index (χ4v) is 0.918. The summed E-state index contributed by atoms with van der Waals surface area (Å²) < 4.78 is 9.38. The number of hydrogen-bond acceptors (Lipinski definition) is 5. The minimum Gasteiger partial charge on any atom is -0.425 e. The Bertz CT molecular complexity index is 287. The maximum Gasteiger partial charge on any atom is 0.377 e. The Hall–Kier alpha value is -1.39. The smallest absolute Gasteiger partial charge is 0.377 e. The molecule has 1 unspecified atom stereocenters. The second-order valence-corrected chi connectivity index (χ2v) is 4.76. The summed E-state index contributed by atoms with van der Waals surface area (Å²) in [4.78, 5) is 32.8. The fraction of sp³-hybridized carbons (Fsp3) is 0.727. The number of ketones is 1. The Morgan fingerprint density at radius 3 is 2.00 bits per heavy atom. The van der Waals surface area contributed by atoms with Gasteiger partial charge in [-0.25, -0.2) is 4.79 Å². The van der Waals surface area contributed by atoms with Crippen molar-refractivity contribution < 1.29 is 23.9 Å². The number of esters is 2. The van der Waals surface area contributed by atoms with Crippen LogP contribution in [0.1, 0.15) is 41.0 Å². The van der Waals surface area contributed by atoms with Crippen LogP contribution in [0, 0.1) is 5.41 Å². The summed E-state index contributed by atoms with van der Waals surface area (Å²) in [5.74, 6) is -2.19. The van der Waals surface area contributed by atoms with E-state index in [4.69, 9.17) is 4.74 Å². The van der Waals surface area contributed by atoms with E-state index in [9.17, 15) is 14.4 Å². The van der Waals surface area contributed by atoms with Crippen molar-refractivity contribution in [2.24, 2.45) is 5.41 Å². The Kier molecular flexibility index (Phi) is 5.14. The predicted octanol–water partition coefficient (Wildman–Crippen LogP) is 1.44. The van der Waals surface area contributed by atoms with Crippen molar-refractivity contribution in [2.45, 2.75) is 47.3 Å². The zero-order chi connectivity index (χ0) is 12.9. The summed E-state index contributed by atoms with van der Waals surface area (Å²) >= 11 is 0. The van der Waals surface area contributed by atoms with Gasteiger partial charge in [0.15, 0.2) is 0 Å². The van der Waals surface area contributed by atoms with Gasteiger partial charge in [0.05, 0.1) is 6.42 Å². The lowest BCUT2D eigenvalue weighted by molar-refractivity contribution is -0.186. The SMILES string of the molecule is CC(=O)C(=O)OC(C)OC(=O)CC(C)(C)C. The molecule has 5 nitrogen and oxygen atoms in total. The monoisotopic (exact) mass is 230 g/mol. The molecular weight excluding hydrogens is 212 g/mol. The molecule has 0 aliphatic heterocycles. The van der Waals surface area contributed by atoms with Gasteiger partial charge in [-0.15, -0.1) is 0 Å².